The molecular formula is C15H22N2. The third-order valence-electron chi connectivity index (χ3n) is 3.49. The molecule has 2 nitrogen and oxygen atoms in total. The van der Waals surface area contributed by atoms with Crippen LogP contribution in [0.15, 0.2) is 35.4 Å². The fourth-order valence-corrected chi connectivity index (χ4v) is 2.20. The molecule has 0 radical (unpaired) electrons. The number of nitrogens with zero attached hydrogens (tertiary/aromatic N) is 1. The molecule has 0 aliphatic carbocycles. The molecule has 1 aromatic rings. The van der Waals surface area contributed by atoms with Crippen molar-refractivity contribution in [2.24, 2.45) is 0 Å². The van der Waals surface area contributed by atoms with Gasteiger partial charge in [-0.2, -0.15) is 0 Å². The zero-order valence-electron chi connectivity index (χ0n) is 11.1. The van der Waals surface area contributed by atoms with Gasteiger partial charge in [-0.3, -0.25) is 4.90 Å². The van der Waals surface area contributed by atoms with Crippen molar-refractivity contribution in [3.8, 4) is 0 Å². The quantitative estimate of drug-likeness (QED) is 0.799. The van der Waals surface area contributed by atoms with E-state index in [4.69, 9.17) is 0 Å². The van der Waals surface area contributed by atoms with Gasteiger partial charge in [0.05, 0.1) is 0 Å². The van der Waals surface area contributed by atoms with E-state index in [1.54, 1.807) is 5.57 Å². The molecule has 1 aliphatic rings. The second-order valence-electron chi connectivity index (χ2n) is 5.09. The minimum Gasteiger partial charge on any atom is -0.309 e. The molecule has 1 fully saturated rings. The molecule has 2 rings (SSSR count). The largest absolute Gasteiger partial charge is 0.309 e. The summed E-state index contributed by atoms with van der Waals surface area (Å²) >= 11 is 0. The second kappa shape index (κ2) is 5.48. The zero-order chi connectivity index (χ0) is 12.3. The predicted molar refractivity (Wildman–Crippen MR) is 73.1 cm³/mol. The van der Waals surface area contributed by atoms with E-state index in [1.165, 1.54) is 16.7 Å². The highest BCUT2D eigenvalue weighted by Crippen LogP contribution is 2.13. The molecule has 1 aromatic carbocycles. The minimum absolute atomic E-state index is 1.03. The topological polar surface area (TPSA) is 15.3 Å². The smallest absolute Gasteiger partial charge is 0.0236 e. The van der Waals surface area contributed by atoms with Gasteiger partial charge in [0.25, 0.3) is 0 Å². The third kappa shape index (κ3) is 3.18. The number of aryl methyl sites for hydroxylation is 1. The van der Waals surface area contributed by atoms with E-state index in [9.17, 15) is 0 Å². The van der Waals surface area contributed by atoms with Crippen molar-refractivity contribution in [1.29, 1.82) is 0 Å². The van der Waals surface area contributed by atoms with E-state index in [0.717, 1.165) is 26.2 Å². The van der Waals surface area contributed by atoms with Crippen molar-refractivity contribution in [1.82, 2.24) is 10.2 Å². The molecule has 0 saturated carbocycles. The first-order valence-electron chi connectivity index (χ1n) is 6.28. The second-order valence-corrected chi connectivity index (χ2v) is 5.09. The van der Waals surface area contributed by atoms with Gasteiger partial charge < -0.3 is 5.32 Å². The molecule has 0 bridgehead atoms. The van der Waals surface area contributed by atoms with Crippen molar-refractivity contribution in [3.63, 3.8) is 0 Å². The molecule has 1 saturated heterocycles. The highest BCUT2D eigenvalue weighted by atomic mass is 15.1. The Balaban J connectivity index is 1.93. The van der Waals surface area contributed by atoms with Crippen LogP contribution in [-0.4, -0.2) is 31.6 Å². The normalized spacial score (nSPS) is 14.9. The molecule has 0 aromatic heterocycles. The van der Waals surface area contributed by atoms with Crippen LogP contribution in [0.4, 0.5) is 0 Å². The molecule has 0 amide bonds. The molecule has 17 heavy (non-hydrogen) atoms. The van der Waals surface area contributed by atoms with Crippen LogP contribution in [0.2, 0.25) is 0 Å². The Labute approximate surface area is 104 Å². The highest BCUT2D eigenvalue weighted by molar-refractivity contribution is 5.26. The van der Waals surface area contributed by atoms with Crippen molar-refractivity contribution in [3.05, 3.63) is 46.5 Å². The molecule has 0 atom stereocenters. The van der Waals surface area contributed by atoms with E-state index in [0.29, 0.717) is 0 Å². The Morgan fingerprint density at radius 1 is 1.29 bits per heavy atom. The summed E-state index contributed by atoms with van der Waals surface area (Å²) in [5, 5.41) is 3.30. The van der Waals surface area contributed by atoms with Gasteiger partial charge in [0.1, 0.15) is 0 Å². The van der Waals surface area contributed by atoms with Gasteiger partial charge in [-0.05, 0) is 37.6 Å². The number of nitrogens with one attached hydrogen (secondary N) is 1. The van der Waals surface area contributed by atoms with Crippen LogP contribution in [0, 0.1) is 6.92 Å². The van der Waals surface area contributed by atoms with Crippen LogP contribution in [0.3, 0.4) is 0 Å². The molecule has 92 valence electrons. The number of hydrogen-bond donors (Lipinski definition) is 1. The van der Waals surface area contributed by atoms with E-state index in [2.05, 4.69) is 55.4 Å². The molecular weight excluding hydrogens is 208 g/mol. The van der Waals surface area contributed by atoms with Crippen LogP contribution >= 0.6 is 0 Å². The molecule has 1 N–H and O–H groups in total. The van der Waals surface area contributed by atoms with Gasteiger partial charge >= 0.3 is 0 Å². The van der Waals surface area contributed by atoms with Crippen LogP contribution in [0.5, 0.6) is 0 Å². The van der Waals surface area contributed by atoms with Crippen LogP contribution < -0.4 is 5.32 Å². The zero-order valence-corrected chi connectivity index (χ0v) is 11.1. The van der Waals surface area contributed by atoms with Crippen LogP contribution in [0.25, 0.3) is 0 Å². The first-order valence-corrected chi connectivity index (χ1v) is 6.28. The van der Waals surface area contributed by atoms with Gasteiger partial charge in [0.15, 0.2) is 0 Å². The lowest BCUT2D eigenvalue weighted by Gasteiger charge is -2.25. The summed E-state index contributed by atoms with van der Waals surface area (Å²) in [6.45, 7) is 8.72. The first-order chi connectivity index (χ1) is 8.16. The summed E-state index contributed by atoms with van der Waals surface area (Å²) in [6.07, 6.45) is 0. The van der Waals surface area contributed by atoms with E-state index >= 15 is 0 Å². The van der Waals surface area contributed by atoms with Crippen LogP contribution in [-0.2, 0) is 6.54 Å². The lowest BCUT2D eigenvalue weighted by Crippen LogP contribution is -2.36. The van der Waals surface area contributed by atoms with E-state index < -0.39 is 0 Å². The van der Waals surface area contributed by atoms with Gasteiger partial charge in [0.2, 0.25) is 0 Å². The maximum Gasteiger partial charge on any atom is 0.0236 e. The fourth-order valence-electron chi connectivity index (χ4n) is 2.20. The number of rotatable bonds is 4. The summed E-state index contributed by atoms with van der Waals surface area (Å²) in [5.41, 5.74) is 5.93. The molecule has 1 heterocycles. The Bertz CT molecular complexity index is 415. The molecule has 1 aliphatic heterocycles. The van der Waals surface area contributed by atoms with Crippen molar-refractivity contribution >= 4 is 0 Å². The third-order valence-corrected chi connectivity index (χ3v) is 3.49. The van der Waals surface area contributed by atoms with Crippen molar-refractivity contribution < 1.29 is 0 Å². The molecule has 0 unspecified atom stereocenters. The summed E-state index contributed by atoms with van der Waals surface area (Å²) in [6, 6.07) is 8.63. The van der Waals surface area contributed by atoms with Crippen molar-refractivity contribution in [2.75, 3.05) is 26.7 Å². The summed E-state index contributed by atoms with van der Waals surface area (Å²) in [7, 11) is 2.20. The van der Waals surface area contributed by atoms with Crippen LogP contribution in [0.1, 0.15) is 18.1 Å². The monoisotopic (exact) mass is 230 g/mol. The summed E-state index contributed by atoms with van der Waals surface area (Å²) in [5.74, 6) is 0. The lowest BCUT2D eigenvalue weighted by atomic mass is 10.0. The average molecular weight is 230 g/mol. The van der Waals surface area contributed by atoms with Gasteiger partial charge in [0, 0.05) is 26.2 Å². The maximum absolute atomic E-state index is 3.30. The Hall–Kier alpha value is -1.12. The maximum atomic E-state index is 3.30. The lowest BCUT2D eigenvalue weighted by molar-refractivity contribution is 0.351. The SMILES string of the molecule is CC(CN(C)Cc1ccccc1C)=C1CNC1. The predicted octanol–water partition coefficient (Wildman–Crippen LogP) is 2.35. The average Bonchev–Trinajstić information content (AvgIpc) is 2.18. The summed E-state index contributed by atoms with van der Waals surface area (Å²) in [4.78, 5) is 2.39. The van der Waals surface area contributed by atoms with E-state index in [-0.39, 0.29) is 0 Å². The van der Waals surface area contributed by atoms with Gasteiger partial charge in [-0.15, -0.1) is 0 Å². The molecule has 0 spiro atoms. The number of benzene rings is 1. The minimum atomic E-state index is 1.03. The molecule has 2 heteroatoms. The van der Waals surface area contributed by atoms with Crippen molar-refractivity contribution in [2.45, 2.75) is 20.4 Å². The Morgan fingerprint density at radius 2 is 2.00 bits per heavy atom. The Kier molecular flexibility index (Phi) is 3.97. The standard InChI is InChI=1S/C15H22N2/c1-12-6-4-5-7-14(12)11-17(3)10-13(2)15-8-16-9-15/h4-7,16H,8-11H2,1-3H3. The fraction of sp³-hybridized carbons (Fsp3) is 0.467. The Morgan fingerprint density at radius 3 is 2.59 bits per heavy atom. The summed E-state index contributed by atoms with van der Waals surface area (Å²) < 4.78 is 0. The first kappa shape index (κ1) is 12.3. The van der Waals surface area contributed by atoms with Gasteiger partial charge in [-0.1, -0.05) is 29.8 Å². The van der Waals surface area contributed by atoms with Gasteiger partial charge in [-0.25, -0.2) is 0 Å². The highest BCUT2D eigenvalue weighted by Gasteiger charge is 2.12. The number of likely N-dealkylation sites (N-methyl/N-ethyl adjacent to an activating group) is 1. The van der Waals surface area contributed by atoms with E-state index in [1.807, 2.05) is 0 Å². The number of hydrogen-bond acceptors (Lipinski definition) is 2.